The van der Waals surface area contributed by atoms with Gasteiger partial charge in [0, 0.05) is 10.8 Å². The van der Waals surface area contributed by atoms with Gasteiger partial charge in [-0.25, -0.2) is 0 Å². The van der Waals surface area contributed by atoms with Crippen molar-refractivity contribution in [2.24, 2.45) is 0 Å². The number of aliphatic hydroxyl groups excluding tert-OH is 1. The number of thiophene rings is 1. The molecule has 0 bridgehead atoms. The molecule has 1 nitrogen and oxygen atoms in total. The van der Waals surface area contributed by atoms with Crippen molar-refractivity contribution in [2.75, 3.05) is 0 Å². The Hall–Kier alpha value is -0.350. The molecule has 2 atom stereocenters. The maximum atomic E-state index is 10.5. The first-order valence-corrected chi connectivity index (χ1v) is 7.80. The Balaban J connectivity index is 2.28. The van der Waals surface area contributed by atoms with E-state index in [0.717, 1.165) is 20.6 Å². The van der Waals surface area contributed by atoms with E-state index in [1.807, 2.05) is 24.3 Å². The van der Waals surface area contributed by atoms with Crippen LogP contribution in [-0.4, -0.2) is 5.11 Å². The summed E-state index contributed by atoms with van der Waals surface area (Å²) in [4.78, 5) is 0.905. The van der Waals surface area contributed by atoms with Gasteiger partial charge in [-0.3, -0.25) is 0 Å². The molecule has 1 aromatic heterocycles. The summed E-state index contributed by atoms with van der Waals surface area (Å²) in [6.45, 7) is 2.09. The van der Waals surface area contributed by atoms with Crippen LogP contribution in [0.2, 0.25) is 5.02 Å². The van der Waals surface area contributed by atoms with Gasteiger partial charge in [-0.05, 0) is 34.0 Å². The van der Waals surface area contributed by atoms with E-state index in [0.29, 0.717) is 5.02 Å². The molecule has 1 heterocycles. The van der Waals surface area contributed by atoms with E-state index >= 15 is 0 Å². The first-order chi connectivity index (χ1) is 8.63. The summed E-state index contributed by atoms with van der Waals surface area (Å²) in [7, 11) is 0. The number of aliphatic hydroxyl groups is 1. The van der Waals surface area contributed by atoms with Crippen molar-refractivity contribution in [3.63, 3.8) is 0 Å². The number of hydrogen-bond donors (Lipinski definition) is 1. The van der Waals surface area contributed by atoms with Crippen molar-refractivity contribution in [3.05, 3.63) is 55.6 Å². The molecule has 0 aliphatic rings. The van der Waals surface area contributed by atoms with Crippen LogP contribution in [0.1, 0.15) is 35.8 Å². The van der Waals surface area contributed by atoms with Crippen molar-refractivity contribution in [3.8, 4) is 0 Å². The molecular formula is C14H14BrClOS. The second-order valence-corrected chi connectivity index (χ2v) is 6.95. The molecule has 0 spiro atoms. The molecule has 0 saturated heterocycles. The van der Waals surface area contributed by atoms with Crippen LogP contribution in [0.4, 0.5) is 0 Å². The predicted molar refractivity (Wildman–Crippen MR) is 81.5 cm³/mol. The molecule has 0 aliphatic carbocycles. The highest BCUT2D eigenvalue weighted by Crippen LogP contribution is 2.41. The lowest BCUT2D eigenvalue weighted by Gasteiger charge is -2.21. The largest absolute Gasteiger partial charge is 0.387 e. The van der Waals surface area contributed by atoms with Crippen LogP contribution in [0.3, 0.4) is 0 Å². The highest BCUT2D eigenvalue weighted by Gasteiger charge is 2.23. The maximum Gasteiger partial charge on any atom is 0.0951 e. The van der Waals surface area contributed by atoms with Gasteiger partial charge in [-0.1, -0.05) is 48.9 Å². The van der Waals surface area contributed by atoms with E-state index in [1.165, 1.54) is 11.3 Å². The second kappa shape index (κ2) is 6.20. The van der Waals surface area contributed by atoms with Gasteiger partial charge in [0.2, 0.25) is 0 Å². The molecule has 0 radical (unpaired) electrons. The Morgan fingerprint density at radius 3 is 2.50 bits per heavy atom. The Kier molecular flexibility index (Phi) is 4.84. The molecule has 2 aromatic rings. The summed E-state index contributed by atoms with van der Waals surface area (Å²) in [6, 6.07) is 11.9. The zero-order valence-corrected chi connectivity index (χ0v) is 13.1. The average Bonchev–Trinajstić information content (AvgIpc) is 2.72. The van der Waals surface area contributed by atoms with E-state index in [9.17, 15) is 5.11 Å². The molecule has 0 saturated carbocycles. The number of hydrogen-bond acceptors (Lipinski definition) is 2. The van der Waals surface area contributed by atoms with Crippen LogP contribution >= 0.6 is 38.9 Å². The maximum absolute atomic E-state index is 10.5. The summed E-state index contributed by atoms with van der Waals surface area (Å²) in [5.74, 6) is 0.104. The first-order valence-electron chi connectivity index (χ1n) is 5.81. The van der Waals surface area contributed by atoms with Gasteiger partial charge in [-0.2, -0.15) is 0 Å². The molecule has 18 heavy (non-hydrogen) atoms. The minimum atomic E-state index is -0.508. The molecule has 0 aliphatic heterocycles. The van der Waals surface area contributed by atoms with E-state index in [2.05, 4.69) is 35.0 Å². The quantitative estimate of drug-likeness (QED) is 0.787. The summed E-state index contributed by atoms with van der Waals surface area (Å²) >= 11 is 10.9. The van der Waals surface area contributed by atoms with Gasteiger partial charge in [0.15, 0.2) is 0 Å². The third kappa shape index (κ3) is 2.97. The van der Waals surface area contributed by atoms with Gasteiger partial charge >= 0.3 is 0 Å². The Morgan fingerprint density at radius 1 is 1.33 bits per heavy atom. The fourth-order valence-corrected chi connectivity index (χ4v) is 3.85. The third-order valence-corrected chi connectivity index (χ3v) is 5.55. The van der Waals surface area contributed by atoms with Gasteiger partial charge < -0.3 is 5.11 Å². The smallest absolute Gasteiger partial charge is 0.0951 e. The summed E-state index contributed by atoms with van der Waals surface area (Å²) < 4.78 is 0.876. The van der Waals surface area contributed by atoms with Crippen molar-refractivity contribution in [1.29, 1.82) is 0 Å². The van der Waals surface area contributed by atoms with Crippen LogP contribution in [-0.2, 0) is 0 Å². The highest BCUT2D eigenvalue weighted by atomic mass is 79.9. The zero-order chi connectivity index (χ0) is 13.1. The molecule has 96 valence electrons. The molecule has 1 N–H and O–H groups in total. The normalized spacial score (nSPS) is 14.4. The molecule has 1 aromatic carbocycles. The first kappa shape index (κ1) is 14.1. The molecule has 2 rings (SSSR count). The lowest BCUT2D eigenvalue weighted by atomic mass is 9.90. The van der Waals surface area contributed by atoms with Crippen molar-refractivity contribution < 1.29 is 5.11 Å². The zero-order valence-electron chi connectivity index (χ0n) is 9.94. The van der Waals surface area contributed by atoms with Crippen LogP contribution in [0.5, 0.6) is 0 Å². The van der Waals surface area contributed by atoms with E-state index in [1.54, 1.807) is 0 Å². The second-order valence-electron chi connectivity index (χ2n) is 4.14. The van der Waals surface area contributed by atoms with Crippen LogP contribution in [0, 0.1) is 0 Å². The fraction of sp³-hybridized carbons (Fsp3) is 0.286. The molecule has 0 amide bonds. The summed E-state index contributed by atoms with van der Waals surface area (Å²) in [5, 5.41) is 11.2. The topological polar surface area (TPSA) is 20.2 Å². The minimum Gasteiger partial charge on any atom is -0.387 e. The average molecular weight is 346 g/mol. The highest BCUT2D eigenvalue weighted by molar-refractivity contribution is 9.11. The minimum absolute atomic E-state index is 0.104. The van der Waals surface area contributed by atoms with Gasteiger partial charge in [0.1, 0.15) is 0 Å². The lowest BCUT2D eigenvalue weighted by molar-refractivity contribution is 0.146. The molecule has 0 fully saturated rings. The van der Waals surface area contributed by atoms with Crippen LogP contribution in [0.15, 0.2) is 40.2 Å². The lowest BCUT2D eigenvalue weighted by Crippen LogP contribution is -2.08. The monoisotopic (exact) mass is 344 g/mol. The van der Waals surface area contributed by atoms with Crippen molar-refractivity contribution in [2.45, 2.75) is 25.4 Å². The van der Waals surface area contributed by atoms with Gasteiger partial charge in [0.05, 0.1) is 14.9 Å². The van der Waals surface area contributed by atoms with Crippen molar-refractivity contribution >= 4 is 38.9 Å². The van der Waals surface area contributed by atoms with Gasteiger partial charge in [0.25, 0.3) is 0 Å². The van der Waals surface area contributed by atoms with E-state index in [4.69, 9.17) is 11.6 Å². The Labute approximate surface area is 125 Å². The number of rotatable bonds is 4. The standard InChI is InChI=1S/C14H14BrClOS/c1-2-10(9-6-4-3-5-7-9)13(17)12-8-11(16)14(15)18-12/h3-8,10,13,17H,2H2,1H3. The molecule has 2 unspecified atom stereocenters. The molecule has 4 heteroatoms. The summed E-state index contributed by atoms with van der Waals surface area (Å²) in [5.41, 5.74) is 1.16. The Morgan fingerprint density at radius 2 is 2.00 bits per heavy atom. The van der Waals surface area contributed by atoms with E-state index < -0.39 is 6.10 Å². The summed E-state index contributed by atoms with van der Waals surface area (Å²) in [6.07, 6.45) is 0.379. The van der Waals surface area contributed by atoms with E-state index in [-0.39, 0.29) is 5.92 Å². The number of benzene rings is 1. The van der Waals surface area contributed by atoms with Crippen molar-refractivity contribution in [1.82, 2.24) is 0 Å². The molecular weight excluding hydrogens is 332 g/mol. The van der Waals surface area contributed by atoms with Gasteiger partial charge in [-0.15, -0.1) is 11.3 Å². The SMILES string of the molecule is CCC(c1ccccc1)C(O)c1cc(Cl)c(Br)s1. The number of halogens is 2. The fourth-order valence-electron chi connectivity index (χ4n) is 2.05. The third-order valence-electron chi connectivity index (χ3n) is 3.00. The van der Waals surface area contributed by atoms with Crippen LogP contribution in [0.25, 0.3) is 0 Å². The predicted octanol–water partition coefficient (Wildman–Crippen LogP) is 5.39. The van der Waals surface area contributed by atoms with Crippen LogP contribution < -0.4 is 0 Å². The Bertz CT molecular complexity index is 492.